The van der Waals surface area contributed by atoms with Crippen LogP contribution in [0.3, 0.4) is 0 Å². The maximum Gasteiger partial charge on any atom is 0.271 e. The highest BCUT2D eigenvalue weighted by molar-refractivity contribution is 5.92. The van der Waals surface area contributed by atoms with Gasteiger partial charge in [-0.25, -0.2) is 4.98 Å². The number of para-hydroxylation sites is 2. The number of carbonyl (C=O) groups is 1. The highest BCUT2D eigenvalue weighted by Gasteiger charge is 2.16. The topological polar surface area (TPSA) is 103 Å². The van der Waals surface area contributed by atoms with E-state index in [0.29, 0.717) is 17.2 Å². The summed E-state index contributed by atoms with van der Waals surface area (Å²) in [5.41, 5.74) is 2.49. The average Bonchev–Trinajstić information content (AvgIpc) is 3.07. The number of carbonyl (C=O) groups excluding carboxylic acids is 1. The molecule has 28 heavy (non-hydrogen) atoms. The van der Waals surface area contributed by atoms with Crippen LogP contribution < -0.4 is 5.32 Å². The molecule has 1 amide bonds. The Balaban J connectivity index is 1.66. The third-order valence-electron chi connectivity index (χ3n) is 4.19. The molecule has 2 heterocycles. The Labute approximate surface area is 159 Å². The van der Waals surface area contributed by atoms with Crippen molar-refractivity contribution in [2.45, 2.75) is 6.54 Å². The van der Waals surface area contributed by atoms with Crippen LogP contribution in [0.2, 0.25) is 0 Å². The quantitative estimate of drug-likeness (QED) is 0.425. The van der Waals surface area contributed by atoms with Gasteiger partial charge in [-0.05, 0) is 30.3 Å². The Bertz CT molecular complexity index is 1170. The van der Waals surface area contributed by atoms with E-state index in [9.17, 15) is 14.9 Å². The Morgan fingerprint density at radius 1 is 1.07 bits per heavy atom. The van der Waals surface area contributed by atoms with Gasteiger partial charge in [-0.2, -0.15) is 0 Å². The minimum Gasteiger partial charge on any atom is -0.324 e. The van der Waals surface area contributed by atoms with Gasteiger partial charge in [-0.3, -0.25) is 19.9 Å². The third-order valence-corrected chi connectivity index (χ3v) is 4.19. The van der Waals surface area contributed by atoms with E-state index >= 15 is 0 Å². The first-order valence-electron chi connectivity index (χ1n) is 8.53. The molecule has 0 saturated carbocycles. The van der Waals surface area contributed by atoms with Crippen LogP contribution >= 0.6 is 0 Å². The van der Waals surface area contributed by atoms with Crippen LogP contribution in [0.15, 0.2) is 72.9 Å². The Hall–Kier alpha value is -4.07. The standard InChI is InChI=1S/C20H15N5O3/c26-19(22-14-6-5-7-15(12-14)25(27)28)13-24-18-10-2-1-8-16(18)23-20(24)17-9-3-4-11-21-17/h1-12H,13H2,(H,22,26). The first-order valence-corrected chi connectivity index (χ1v) is 8.53. The second-order valence-electron chi connectivity index (χ2n) is 6.08. The zero-order valence-electron chi connectivity index (χ0n) is 14.6. The van der Waals surface area contributed by atoms with Crippen molar-refractivity contribution in [1.82, 2.24) is 14.5 Å². The lowest BCUT2D eigenvalue weighted by Crippen LogP contribution is -2.19. The van der Waals surface area contributed by atoms with Gasteiger partial charge in [0.15, 0.2) is 5.82 Å². The van der Waals surface area contributed by atoms with Gasteiger partial charge in [0.25, 0.3) is 5.69 Å². The number of pyridine rings is 1. The molecule has 0 radical (unpaired) electrons. The number of fused-ring (bicyclic) bond motifs is 1. The Morgan fingerprint density at radius 2 is 1.89 bits per heavy atom. The summed E-state index contributed by atoms with van der Waals surface area (Å²) in [5.74, 6) is 0.261. The van der Waals surface area contributed by atoms with Crippen molar-refractivity contribution in [2.24, 2.45) is 0 Å². The predicted octanol–water partition coefficient (Wildman–Crippen LogP) is 3.65. The summed E-state index contributed by atoms with van der Waals surface area (Å²) >= 11 is 0. The van der Waals surface area contributed by atoms with Crippen LogP contribution in [0, 0.1) is 10.1 Å². The normalized spacial score (nSPS) is 10.7. The van der Waals surface area contributed by atoms with Crippen molar-refractivity contribution in [3.05, 3.63) is 83.0 Å². The molecule has 8 nitrogen and oxygen atoms in total. The maximum atomic E-state index is 12.6. The molecule has 0 spiro atoms. The van der Waals surface area contributed by atoms with Gasteiger partial charge in [0, 0.05) is 24.0 Å². The lowest BCUT2D eigenvalue weighted by molar-refractivity contribution is -0.384. The molecule has 2 aromatic heterocycles. The Morgan fingerprint density at radius 3 is 2.68 bits per heavy atom. The summed E-state index contributed by atoms with van der Waals surface area (Å²) in [5, 5.41) is 13.6. The molecule has 2 aromatic carbocycles. The van der Waals surface area contributed by atoms with Crippen LogP contribution in [0.1, 0.15) is 0 Å². The molecule has 4 aromatic rings. The first kappa shape index (κ1) is 17.3. The van der Waals surface area contributed by atoms with E-state index in [0.717, 1.165) is 11.0 Å². The predicted molar refractivity (Wildman–Crippen MR) is 105 cm³/mol. The SMILES string of the molecule is O=C(Cn1c(-c2ccccn2)nc2ccccc21)Nc1cccc([N+](=O)[O-])c1. The summed E-state index contributed by atoms with van der Waals surface area (Å²) in [6.07, 6.45) is 1.67. The molecule has 8 heteroatoms. The third kappa shape index (κ3) is 3.43. The van der Waals surface area contributed by atoms with Gasteiger partial charge in [0.05, 0.1) is 16.0 Å². The molecular weight excluding hydrogens is 358 g/mol. The zero-order chi connectivity index (χ0) is 19.5. The average molecular weight is 373 g/mol. The van der Waals surface area contributed by atoms with Crippen LogP contribution in [-0.4, -0.2) is 25.4 Å². The van der Waals surface area contributed by atoms with Crippen LogP contribution in [0.5, 0.6) is 0 Å². The Kier molecular flexibility index (Phi) is 4.51. The number of rotatable bonds is 5. The molecule has 0 fully saturated rings. The lowest BCUT2D eigenvalue weighted by Gasteiger charge is -2.10. The van der Waals surface area contributed by atoms with E-state index in [1.807, 2.05) is 42.5 Å². The van der Waals surface area contributed by atoms with Crippen molar-refractivity contribution >= 4 is 28.3 Å². The van der Waals surface area contributed by atoms with Crippen molar-refractivity contribution in [3.8, 4) is 11.5 Å². The van der Waals surface area contributed by atoms with E-state index in [1.54, 1.807) is 16.8 Å². The minimum absolute atomic E-state index is 0.00485. The second kappa shape index (κ2) is 7.28. The van der Waals surface area contributed by atoms with E-state index < -0.39 is 4.92 Å². The molecule has 0 aliphatic heterocycles. The van der Waals surface area contributed by atoms with E-state index in [4.69, 9.17) is 0 Å². The molecule has 138 valence electrons. The number of aromatic nitrogens is 3. The highest BCUT2D eigenvalue weighted by Crippen LogP contribution is 2.24. The van der Waals surface area contributed by atoms with E-state index in [-0.39, 0.29) is 18.1 Å². The van der Waals surface area contributed by atoms with Gasteiger partial charge in [-0.1, -0.05) is 24.3 Å². The number of imidazole rings is 1. The number of non-ortho nitro benzene ring substituents is 1. The second-order valence-corrected chi connectivity index (χ2v) is 6.08. The van der Waals surface area contributed by atoms with Gasteiger partial charge in [0.1, 0.15) is 12.2 Å². The zero-order valence-corrected chi connectivity index (χ0v) is 14.6. The lowest BCUT2D eigenvalue weighted by atomic mass is 10.2. The summed E-state index contributed by atoms with van der Waals surface area (Å²) in [6.45, 7) is -0.00485. The fourth-order valence-corrected chi connectivity index (χ4v) is 2.97. The molecule has 0 aliphatic carbocycles. The molecule has 0 atom stereocenters. The molecule has 0 unspecified atom stereocenters. The molecule has 1 N–H and O–H groups in total. The number of nitrogens with one attached hydrogen (secondary N) is 1. The first-order chi connectivity index (χ1) is 13.6. The molecule has 0 aliphatic rings. The number of nitrogens with zero attached hydrogens (tertiary/aromatic N) is 4. The van der Waals surface area contributed by atoms with Crippen molar-refractivity contribution in [1.29, 1.82) is 0 Å². The van der Waals surface area contributed by atoms with Crippen molar-refractivity contribution in [2.75, 3.05) is 5.32 Å². The number of amides is 1. The fraction of sp³-hybridized carbons (Fsp3) is 0.0500. The van der Waals surface area contributed by atoms with Crippen molar-refractivity contribution in [3.63, 3.8) is 0 Å². The minimum atomic E-state index is -0.502. The number of hydrogen-bond donors (Lipinski definition) is 1. The van der Waals surface area contributed by atoms with E-state index in [2.05, 4.69) is 15.3 Å². The highest BCUT2D eigenvalue weighted by atomic mass is 16.6. The van der Waals surface area contributed by atoms with Gasteiger partial charge < -0.3 is 9.88 Å². The smallest absolute Gasteiger partial charge is 0.271 e. The summed E-state index contributed by atoms with van der Waals surface area (Å²) in [7, 11) is 0. The molecule has 0 bridgehead atoms. The van der Waals surface area contributed by atoms with Crippen LogP contribution in [0.25, 0.3) is 22.6 Å². The van der Waals surface area contributed by atoms with Crippen LogP contribution in [0.4, 0.5) is 11.4 Å². The van der Waals surface area contributed by atoms with E-state index in [1.165, 1.54) is 18.2 Å². The summed E-state index contributed by atoms with van der Waals surface area (Å²) in [4.78, 5) is 32.0. The monoisotopic (exact) mass is 373 g/mol. The largest absolute Gasteiger partial charge is 0.324 e. The summed E-state index contributed by atoms with van der Waals surface area (Å²) < 4.78 is 1.78. The molecule has 4 rings (SSSR count). The number of nitro groups is 1. The molecular formula is C20H15N5O3. The van der Waals surface area contributed by atoms with Gasteiger partial charge in [0.2, 0.25) is 5.91 Å². The number of benzene rings is 2. The molecule has 0 saturated heterocycles. The fourth-order valence-electron chi connectivity index (χ4n) is 2.97. The number of nitro benzene ring substituents is 1. The number of hydrogen-bond acceptors (Lipinski definition) is 5. The maximum absolute atomic E-state index is 12.6. The summed E-state index contributed by atoms with van der Waals surface area (Å²) in [6, 6.07) is 18.8. The number of anilines is 1. The van der Waals surface area contributed by atoms with Crippen molar-refractivity contribution < 1.29 is 9.72 Å². The van der Waals surface area contributed by atoms with Gasteiger partial charge >= 0.3 is 0 Å². The van der Waals surface area contributed by atoms with Crippen LogP contribution in [-0.2, 0) is 11.3 Å². The van der Waals surface area contributed by atoms with Gasteiger partial charge in [-0.15, -0.1) is 0 Å².